The molecule has 0 aliphatic carbocycles. The number of ether oxygens (including phenoxy) is 1. The molecule has 4 rings (SSSR count). The highest BCUT2D eigenvalue weighted by atomic mass is 19.4. The van der Waals surface area contributed by atoms with Crippen LogP contribution in [0.3, 0.4) is 0 Å². The van der Waals surface area contributed by atoms with Crippen molar-refractivity contribution in [2.75, 3.05) is 6.61 Å². The van der Waals surface area contributed by atoms with E-state index < -0.39 is 29.2 Å². The van der Waals surface area contributed by atoms with E-state index in [2.05, 4.69) is 6.58 Å². The van der Waals surface area contributed by atoms with Crippen LogP contribution in [0.5, 0.6) is 5.75 Å². The molecule has 0 spiro atoms. The van der Waals surface area contributed by atoms with E-state index in [1.807, 2.05) is 0 Å². The van der Waals surface area contributed by atoms with Crippen LogP contribution in [-0.2, 0) is 19.0 Å². The first-order valence-corrected chi connectivity index (χ1v) is 10.8. The molecule has 1 nitrogen and oxygen atoms in total. The summed E-state index contributed by atoms with van der Waals surface area (Å²) in [4.78, 5) is 0. The second kappa shape index (κ2) is 9.86. The summed E-state index contributed by atoms with van der Waals surface area (Å²) < 4.78 is 87.1. The first-order valence-electron chi connectivity index (χ1n) is 10.8. The van der Waals surface area contributed by atoms with Gasteiger partial charge in [0.15, 0.2) is 0 Å². The summed E-state index contributed by atoms with van der Waals surface area (Å²) >= 11 is 0. The van der Waals surface area contributed by atoms with Crippen molar-refractivity contribution in [3.05, 3.63) is 114 Å². The Labute approximate surface area is 198 Å². The fourth-order valence-corrected chi connectivity index (χ4v) is 3.90. The summed E-state index contributed by atoms with van der Waals surface area (Å²) in [6.07, 6.45) is -2.87. The van der Waals surface area contributed by atoms with Crippen LogP contribution in [-0.4, -0.2) is 6.61 Å². The fourth-order valence-electron chi connectivity index (χ4n) is 3.90. The van der Waals surface area contributed by atoms with Gasteiger partial charge in [-0.25, -0.2) is 13.2 Å². The minimum Gasteiger partial charge on any atom is -0.489 e. The third-order valence-electron chi connectivity index (χ3n) is 5.68. The first-order chi connectivity index (χ1) is 16.7. The van der Waals surface area contributed by atoms with Crippen LogP contribution in [0.15, 0.2) is 79.4 Å². The molecule has 0 saturated carbocycles. The van der Waals surface area contributed by atoms with Crippen LogP contribution in [0.2, 0.25) is 0 Å². The smallest absolute Gasteiger partial charge is 0.419 e. The topological polar surface area (TPSA) is 9.23 Å². The first kappa shape index (κ1) is 24.4. The highest BCUT2D eigenvalue weighted by Gasteiger charge is 2.33. The Hall–Kier alpha value is -3.74. The molecule has 0 bridgehead atoms. The molecule has 180 valence electrons. The molecule has 0 atom stereocenters. The standard InChI is InChI=1S/C28H20F6O/c1-2-13-35-21-9-11-22(25(29)16-21)19-8-10-23-20(15-19)7-6-18(27(23)31)5-3-17-4-12-24(26(30)14-17)28(32,33)34/h2,4,6-12,14-16H,1,3,5,13H2. The van der Waals surface area contributed by atoms with Crippen LogP contribution in [0.25, 0.3) is 21.9 Å². The average molecular weight is 486 g/mol. The number of hydrogen-bond donors (Lipinski definition) is 0. The van der Waals surface area contributed by atoms with Crippen molar-refractivity contribution >= 4 is 10.8 Å². The Morgan fingerprint density at radius 2 is 1.60 bits per heavy atom. The average Bonchev–Trinajstić information content (AvgIpc) is 2.81. The molecule has 0 aliphatic heterocycles. The number of aryl methyl sites for hydroxylation is 2. The highest BCUT2D eigenvalue weighted by Crippen LogP contribution is 2.33. The van der Waals surface area contributed by atoms with E-state index in [0.29, 0.717) is 44.8 Å². The Bertz CT molecular complexity index is 1390. The van der Waals surface area contributed by atoms with E-state index >= 15 is 4.39 Å². The molecule has 0 N–H and O–H groups in total. The van der Waals surface area contributed by atoms with Gasteiger partial charge in [-0.2, -0.15) is 13.2 Å². The minimum absolute atomic E-state index is 0.168. The molecule has 0 aliphatic rings. The van der Waals surface area contributed by atoms with E-state index in [0.717, 1.165) is 6.07 Å². The summed E-state index contributed by atoms with van der Waals surface area (Å²) in [6, 6.07) is 15.3. The van der Waals surface area contributed by atoms with Gasteiger partial charge in [0.1, 0.15) is 29.8 Å². The summed E-state index contributed by atoms with van der Waals surface area (Å²) in [5.41, 5.74) is 0.260. The fraction of sp³-hybridized carbons (Fsp3) is 0.143. The van der Waals surface area contributed by atoms with E-state index in [4.69, 9.17) is 4.74 Å². The van der Waals surface area contributed by atoms with Gasteiger partial charge < -0.3 is 4.74 Å². The van der Waals surface area contributed by atoms with E-state index in [-0.39, 0.29) is 19.4 Å². The van der Waals surface area contributed by atoms with E-state index in [1.54, 1.807) is 48.5 Å². The largest absolute Gasteiger partial charge is 0.489 e. The zero-order chi connectivity index (χ0) is 25.2. The van der Waals surface area contributed by atoms with Gasteiger partial charge in [0, 0.05) is 17.0 Å². The van der Waals surface area contributed by atoms with Crippen molar-refractivity contribution in [1.29, 1.82) is 0 Å². The predicted octanol–water partition coefficient (Wildman–Crippen LogP) is 8.29. The monoisotopic (exact) mass is 486 g/mol. The SMILES string of the molecule is C=CCOc1ccc(-c2ccc3c(F)c(CCc4ccc(C(F)(F)F)c(F)c4)ccc3c2)c(F)c1. The van der Waals surface area contributed by atoms with E-state index in [9.17, 15) is 22.0 Å². The lowest BCUT2D eigenvalue weighted by atomic mass is 9.96. The molecular formula is C28H20F6O. The van der Waals surface area contributed by atoms with Crippen LogP contribution < -0.4 is 4.74 Å². The summed E-state index contributed by atoms with van der Waals surface area (Å²) in [5, 5.41) is 0.895. The number of benzene rings is 4. The number of alkyl halides is 3. The molecule has 0 saturated heterocycles. The van der Waals surface area contributed by atoms with Crippen LogP contribution in [0, 0.1) is 17.5 Å². The van der Waals surface area contributed by atoms with Gasteiger partial charge in [-0.3, -0.25) is 0 Å². The molecule has 0 heterocycles. The Kier molecular flexibility index (Phi) is 6.87. The van der Waals surface area contributed by atoms with Gasteiger partial charge in [0.25, 0.3) is 0 Å². The van der Waals surface area contributed by atoms with Crippen LogP contribution in [0.1, 0.15) is 16.7 Å². The summed E-state index contributed by atoms with van der Waals surface area (Å²) in [5.74, 6) is -1.94. The second-order valence-electron chi connectivity index (χ2n) is 8.03. The lowest BCUT2D eigenvalue weighted by Gasteiger charge is -2.11. The molecule has 0 unspecified atom stereocenters. The van der Waals surface area contributed by atoms with Crippen molar-refractivity contribution in [2.24, 2.45) is 0 Å². The molecule has 35 heavy (non-hydrogen) atoms. The quantitative estimate of drug-likeness (QED) is 0.189. The van der Waals surface area contributed by atoms with Gasteiger partial charge >= 0.3 is 6.18 Å². The summed E-state index contributed by atoms with van der Waals surface area (Å²) in [6.45, 7) is 3.80. The zero-order valence-electron chi connectivity index (χ0n) is 18.4. The maximum Gasteiger partial charge on any atom is 0.419 e. The third-order valence-corrected chi connectivity index (χ3v) is 5.68. The number of rotatable bonds is 7. The Morgan fingerprint density at radius 1 is 0.800 bits per heavy atom. The normalized spacial score (nSPS) is 11.6. The van der Waals surface area contributed by atoms with Gasteiger partial charge in [-0.15, -0.1) is 0 Å². The number of halogens is 6. The molecule has 0 aromatic heterocycles. The number of fused-ring (bicyclic) bond motifs is 1. The maximum absolute atomic E-state index is 15.1. The van der Waals surface area contributed by atoms with Crippen molar-refractivity contribution in [3.8, 4) is 16.9 Å². The van der Waals surface area contributed by atoms with Gasteiger partial charge in [0.05, 0.1) is 5.56 Å². The van der Waals surface area contributed by atoms with Gasteiger partial charge in [-0.1, -0.05) is 43.0 Å². The number of hydrogen-bond acceptors (Lipinski definition) is 1. The third kappa shape index (κ3) is 5.34. The molecule has 7 heteroatoms. The maximum atomic E-state index is 15.1. The Balaban J connectivity index is 1.55. The Morgan fingerprint density at radius 3 is 2.29 bits per heavy atom. The van der Waals surface area contributed by atoms with Crippen molar-refractivity contribution in [1.82, 2.24) is 0 Å². The van der Waals surface area contributed by atoms with Crippen LogP contribution >= 0.6 is 0 Å². The van der Waals surface area contributed by atoms with Crippen molar-refractivity contribution in [2.45, 2.75) is 19.0 Å². The molecule has 4 aromatic rings. The molecular weight excluding hydrogens is 466 g/mol. The molecule has 4 aromatic carbocycles. The second-order valence-corrected chi connectivity index (χ2v) is 8.03. The minimum atomic E-state index is -4.77. The van der Waals surface area contributed by atoms with Gasteiger partial charge in [0.2, 0.25) is 0 Å². The lowest BCUT2D eigenvalue weighted by molar-refractivity contribution is -0.140. The van der Waals surface area contributed by atoms with Crippen molar-refractivity contribution in [3.63, 3.8) is 0 Å². The highest BCUT2D eigenvalue weighted by molar-refractivity contribution is 5.88. The predicted molar refractivity (Wildman–Crippen MR) is 124 cm³/mol. The van der Waals surface area contributed by atoms with E-state index in [1.165, 1.54) is 12.1 Å². The molecule has 0 amide bonds. The summed E-state index contributed by atoms with van der Waals surface area (Å²) in [7, 11) is 0. The van der Waals surface area contributed by atoms with Gasteiger partial charge in [-0.05, 0) is 65.3 Å². The van der Waals surface area contributed by atoms with Crippen LogP contribution in [0.4, 0.5) is 26.3 Å². The lowest BCUT2D eigenvalue weighted by Crippen LogP contribution is -2.08. The van der Waals surface area contributed by atoms with Crippen molar-refractivity contribution < 1.29 is 31.1 Å². The molecule has 0 radical (unpaired) electrons. The molecule has 0 fully saturated rings. The zero-order valence-corrected chi connectivity index (χ0v) is 18.4.